The molecule has 0 fully saturated rings. The first-order valence-electron chi connectivity index (χ1n) is 6.46. The highest BCUT2D eigenvalue weighted by Crippen LogP contribution is 2.07. The fourth-order valence-electron chi connectivity index (χ4n) is 1.61. The highest BCUT2D eigenvalue weighted by molar-refractivity contribution is 5.18. The highest BCUT2D eigenvalue weighted by atomic mass is 19.1. The Hall–Kier alpha value is -1.00. The van der Waals surface area contributed by atoms with E-state index in [2.05, 4.69) is 12.2 Å². The maximum absolute atomic E-state index is 12.9. The minimum Gasteiger partial charge on any atom is -0.380 e. The molecule has 0 radical (unpaired) electrons. The van der Waals surface area contributed by atoms with E-state index in [4.69, 9.17) is 4.74 Å². The lowest BCUT2D eigenvalue weighted by atomic mass is 10.1. The third-order valence-corrected chi connectivity index (χ3v) is 2.58. The predicted molar refractivity (Wildman–Crippen MR) is 68.7 cm³/mol. The summed E-state index contributed by atoms with van der Waals surface area (Å²) < 4.78 is 31.2. The van der Waals surface area contributed by atoms with Crippen LogP contribution in [0.25, 0.3) is 0 Å². The SMILES string of the molecule is CCCCOCCNCCc1cc(F)cc(F)c1. The van der Waals surface area contributed by atoms with Crippen molar-refractivity contribution in [2.75, 3.05) is 26.3 Å². The van der Waals surface area contributed by atoms with Gasteiger partial charge in [0.25, 0.3) is 0 Å². The highest BCUT2D eigenvalue weighted by Gasteiger charge is 2.00. The van der Waals surface area contributed by atoms with E-state index in [1.165, 1.54) is 12.1 Å². The van der Waals surface area contributed by atoms with Gasteiger partial charge in [-0.1, -0.05) is 13.3 Å². The second-order valence-corrected chi connectivity index (χ2v) is 4.24. The summed E-state index contributed by atoms with van der Waals surface area (Å²) in [7, 11) is 0. The molecule has 0 bridgehead atoms. The Balaban J connectivity index is 2.07. The largest absolute Gasteiger partial charge is 0.380 e. The van der Waals surface area contributed by atoms with Gasteiger partial charge in [-0.15, -0.1) is 0 Å². The number of hydrogen-bond acceptors (Lipinski definition) is 2. The molecule has 1 aromatic carbocycles. The lowest BCUT2D eigenvalue weighted by molar-refractivity contribution is 0.133. The van der Waals surface area contributed by atoms with Gasteiger partial charge in [0.2, 0.25) is 0 Å². The van der Waals surface area contributed by atoms with E-state index in [9.17, 15) is 8.78 Å². The second kappa shape index (κ2) is 9.00. The molecule has 2 nitrogen and oxygen atoms in total. The summed E-state index contributed by atoms with van der Waals surface area (Å²) in [6, 6.07) is 3.61. The lowest BCUT2D eigenvalue weighted by Crippen LogP contribution is -2.22. The maximum Gasteiger partial charge on any atom is 0.126 e. The molecular formula is C14H21F2NO. The van der Waals surface area contributed by atoms with E-state index < -0.39 is 11.6 Å². The lowest BCUT2D eigenvalue weighted by Gasteiger charge is -2.06. The summed E-state index contributed by atoms with van der Waals surface area (Å²) >= 11 is 0. The maximum atomic E-state index is 12.9. The van der Waals surface area contributed by atoms with E-state index in [1.54, 1.807) is 0 Å². The molecule has 0 aliphatic heterocycles. The number of benzene rings is 1. The molecule has 0 atom stereocenters. The second-order valence-electron chi connectivity index (χ2n) is 4.24. The quantitative estimate of drug-likeness (QED) is 0.687. The molecule has 18 heavy (non-hydrogen) atoms. The van der Waals surface area contributed by atoms with Gasteiger partial charge >= 0.3 is 0 Å². The van der Waals surface area contributed by atoms with Gasteiger partial charge in [0.15, 0.2) is 0 Å². The van der Waals surface area contributed by atoms with Gasteiger partial charge in [-0.05, 0) is 37.1 Å². The van der Waals surface area contributed by atoms with Gasteiger partial charge in [-0.2, -0.15) is 0 Å². The van der Waals surface area contributed by atoms with Crippen LogP contribution < -0.4 is 5.32 Å². The van der Waals surface area contributed by atoms with E-state index >= 15 is 0 Å². The summed E-state index contributed by atoms with van der Waals surface area (Å²) in [5, 5.41) is 3.18. The van der Waals surface area contributed by atoms with Gasteiger partial charge in [-0.25, -0.2) is 8.78 Å². The van der Waals surface area contributed by atoms with Crippen molar-refractivity contribution in [3.8, 4) is 0 Å². The van der Waals surface area contributed by atoms with Crippen molar-refractivity contribution in [1.29, 1.82) is 0 Å². The number of ether oxygens (including phenoxy) is 1. The van der Waals surface area contributed by atoms with Gasteiger partial charge in [-0.3, -0.25) is 0 Å². The van der Waals surface area contributed by atoms with Gasteiger partial charge in [0, 0.05) is 19.2 Å². The average molecular weight is 257 g/mol. The minimum atomic E-state index is -0.520. The number of rotatable bonds is 9. The molecule has 0 heterocycles. The Morgan fingerprint density at radius 1 is 1.06 bits per heavy atom. The molecule has 0 saturated heterocycles. The van der Waals surface area contributed by atoms with E-state index in [1.807, 2.05) is 0 Å². The molecule has 0 amide bonds. The monoisotopic (exact) mass is 257 g/mol. The van der Waals surface area contributed by atoms with Crippen molar-refractivity contribution in [1.82, 2.24) is 5.32 Å². The van der Waals surface area contributed by atoms with Crippen LogP contribution in [0.3, 0.4) is 0 Å². The Morgan fingerprint density at radius 2 is 1.78 bits per heavy atom. The van der Waals surface area contributed by atoms with Crippen LogP contribution in [0.2, 0.25) is 0 Å². The molecule has 0 aromatic heterocycles. The van der Waals surface area contributed by atoms with Crippen LogP contribution >= 0.6 is 0 Å². The fraction of sp³-hybridized carbons (Fsp3) is 0.571. The Morgan fingerprint density at radius 3 is 2.44 bits per heavy atom. The number of nitrogens with one attached hydrogen (secondary N) is 1. The predicted octanol–water partition coefficient (Wildman–Crippen LogP) is 2.91. The number of unbranched alkanes of at least 4 members (excludes halogenated alkanes) is 1. The van der Waals surface area contributed by atoms with Gasteiger partial charge < -0.3 is 10.1 Å². The summed E-state index contributed by atoms with van der Waals surface area (Å²) in [6.45, 7) is 5.06. The van der Waals surface area contributed by atoms with Crippen molar-refractivity contribution in [3.63, 3.8) is 0 Å². The summed E-state index contributed by atoms with van der Waals surface area (Å²) in [5.74, 6) is -1.04. The number of hydrogen-bond donors (Lipinski definition) is 1. The van der Waals surface area contributed by atoms with Crippen LogP contribution in [0, 0.1) is 11.6 Å². The molecule has 4 heteroatoms. The first-order chi connectivity index (χ1) is 8.72. The van der Waals surface area contributed by atoms with E-state index in [0.717, 1.165) is 32.1 Å². The summed E-state index contributed by atoms with van der Waals surface area (Å²) in [6.07, 6.45) is 2.84. The molecule has 1 aromatic rings. The minimum absolute atomic E-state index is 0.520. The smallest absolute Gasteiger partial charge is 0.126 e. The zero-order valence-corrected chi connectivity index (χ0v) is 10.8. The van der Waals surface area contributed by atoms with Gasteiger partial charge in [0.1, 0.15) is 11.6 Å². The standard InChI is InChI=1S/C14H21F2NO/c1-2-3-7-18-8-6-17-5-4-12-9-13(15)11-14(16)10-12/h9-11,17H,2-8H2,1H3. The molecule has 1 N–H and O–H groups in total. The first-order valence-corrected chi connectivity index (χ1v) is 6.46. The molecule has 102 valence electrons. The molecule has 0 unspecified atom stereocenters. The molecule has 0 aliphatic rings. The first kappa shape index (κ1) is 15.1. The van der Waals surface area contributed by atoms with Crippen molar-refractivity contribution in [3.05, 3.63) is 35.4 Å². The molecular weight excluding hydrogens is 236 g/mol. The van der Waals surface area contributed by atoms with Crippen LogP contribution in [-0.2, 0) is 11.2 Å². The molecule has 1 rings (SSSR count). The topological polar surface area (TPSA) is 21.3 Å². The third kappa shape index (κ3) is 6.67. The van der Waals surface area contributed by atoms with E-state index in [-0.39, 0.29) is 0 Å². The van der Waals surface area contributed by atoms with Crippen LogP contribution in [0.4, 0.5) is 8.78 Å². The molecule has 0 spiro atoms. The molecule has 0 saturated carbocycles. The van der Waals surface area contributed by atoms with E-state index in [0.29, 0.717) is 25.1 Å². The van der Waals surface area contributed by atoms with Crippen LogP contribution in [0.1, 0.15) is 25.3 Å². The number of halogens is 2. The van der Waals surface area contributed by atoms with Crippen molar-refractivity contribution < 1.29 is 13.5 Å². The van der Waals surface area contributed by atoms with Crippen molar-refractivity contribution in [2.24, 2.45) is 0 Å². The summed E-state index contributed by atoms with van der Waals surface area (Å²) in [5.41, 5.74) is 0.673. The van der Waals surface area contributed by atoms with Crippen molar-refractivity contribution >= 4 is 0 Å². The zero-order valence-electron chi connectivity index (χ0n) is 10.8. The molecule has 0 aliphatic carbocycles. The van der Waals surface area contributed by atoms with Crippen LogP contribution in [-0.4, -0.2) is 26.3 Å². The zero-order chi connectivity index (χ0) is 13.2. The Labute approximate surface area is 107 Å². The summed E-state index contributed by atoms with van der Waals surface area (Å²) in [4.78, 5) is 0. The Kier molecular flexibility index (Phi) is 7.53. The Bertz CT molecular complexity index is 324. The van der Waals surface area contributed by atoms with Crippen LogP contribution in [0.5, 0.6) is 0 Å². The van der Waals surface area contributed by atoms with Gasteiger partial charge in [0.05, 0.1) is 6.61 Å². The fourth-order valence-corrected chi connectivity index (χ4v) is 1.61. The third-order valence-electron chi connectivity index (χ3n) is 2.58. The normalized spacial score (nSPS) is 10.8. The average Bonchev–Trinajstić information content (AvgIpc) is 2.31. The van der Waals surface area contributed by atoms with Crippen LogP contribution in [0.15, 0.2) is 18.2 Å². The van der Waals surface area contributed by atoms with Crippen molar-refractivity contribution in [2.45, 2.75) is 26.2 Å².